The summed E-state index contributed by atoms with van der Waals surface area (Å²) >= 11 is 0. The van der Waals surface area contributed by atoms with Crippen molar-refractivity contribution in [2.24, 2.45) is 0 Å². The summed E-state index contributed by atoms with van der Waals surface area (Å²) in [5, 5.41) is 6.92. The topological polar surface area (TPSA) is 42.0 Å². The summed E-state index contributed by atoms with van der Waals surface area (Å²) in [6, 6.07) is 62.4. The zero-order chi connectivity index (χ0) is 37.1. The van der Waals surface area contributed by atoms with E-state index in [-0.39, 0.29) is 5.97 Å². The molecule has 1 atom stereocenters. The zero-order valence-electron chi connectivity index (χ0n) is 30.4. The van der Waals surface area contributed by atoms with E-state index in [9.17, 15) is 4.79 Å². The monoisotopic (exact) mass is 712 g/mol. The maximum Gasteiger partial charge on any atom is 0.340 e. The van der Waals surface area contributed by atoms with Crippen LogP contribution in [0.4, 0.5) is 22.7 Å². The second kappa shape index (κ2) is 12.8. The lowest BCUT2D eigenvalue weighted by molar-refractivity contribution is 0.0224. The Morgan fingerprint density at radius 3 is 1.87 bits per heavy atom. The number of nitrogens with zero attached hydrogens (tertiary/aromatic N) is 2. The predicted molar refractivity (Wildman–Crippen MR) is 221 cm³/mol. The predicted octanol–water partition coefficient (Wildman–Crippen LogP) is 12.6. The van der Waals surface area contributed by atoms with Gasteiger partial charge in [0.15, 0.2) is 5.60 Å². The number of hydrogen-bond donors (Lipinski definition) is 0. The number of rotatable bonds is 6. The van der Waals surface area contributed by atoms with Gasteiger partial charge in [0, 0.05) is 28.3 Å². The van der Waals surface area contributed by atoms with Gasteiger partial charge in [-0.05, 0) is 83.8 Å². The van der Waals surface area contributed by atoms with Crippen molar-refractivity contribution >= 4 is 39.5 Å². The Kier molecular flexibility index (Phi) is 7.56. The molecular weight excluding hydrogens is 677 g/mol. The van der Waals surface area contributed by atoms with Gasteiger partial charge in [0.25, 0.3) is 0 Å². The number of carbonyl (C=O) groups is 1. The van der Waals surface area contributed by atoms with Crippen LogP contribution < -0.4 is 14.8 Å². The SMILES string of the molecule is Cc1ccccc1N(c1ccccc1C)N(c1ccc2c(c1)Oc1ccccc1C21OC(=O)c2ccccc21)c1ccc2ccccc2c1-c1ccccc1. The lowest BCUT2D eigenvalue weighted by atomic mass is 9.77. The van der Waals surface area contributed by atoms with Crippen LogP contribution in [0.25, 0.3) is 21.9 Å². The van der Waals surface area contributed by atoms with Crippen molar-refractivity contribution in [2.75, 3.05) is 10.0 Å². The molecule has 10 rings (SSSR count). The molecule has 1 spiro atoms. The van der Waals surface area contributed by atoms with Crippen LogP contribution in [0.5, 0.6) is 11.5 Å². The molecule has 8 aromatic rings. The molecule has 0 amide bonds. The van der Waals surface area contributed by atoms with Crippen LogP contribution in [-0.4, -0.2) is 5.97 Å². The number of esters is 1. The van der Waals surface area contributed by atoms with E-state index in [4.69, 9.17) is 9.47 Å². The molecule has 0 fully saturated rings. The van der Waals surface area contributed by atoms with Gasteiger partial charge in [0.05, 0.1) is 28.3 Å². The number of anilines is 4. The van der Waals surface area contributed by atoms with Crippen LogP contribution in [-0.2, 0) is 10.3 Å². The molecular formula is C50H36N2O3. The minimum atomic E-state index is -1.16. The molecule has 2 aliphatic rings. The second-order valence-electron chi connectivity index (χ2n) is 14.1. The Balaban J connectivity index is 1.29. The molecule has 5 heteroatoms. The molecule has 1 unspecified atom stereocenters. The van der Waals surface area contributed by atoms with E-state index in [2.05, 4.69) is 157 Å². The van der Waals surface area contributed by atoms with Crippen LogP contribution in [0, 0.1) is 13.8 Å². The van der Waals surface area contributed by atoms with Gasteiger partial charge in [0.2, 0.25) is 0 Å². The summed E-state index contributed by atoms with van der Waals surface area (Å²) < 4.78 is 13.3. The van der Waals surface area contributed by atoms with E-state index in [1.54, 1.807) is 0 Å². The molecule has 2 heterocycles. The van der Waals surface area contributed by atoms with Crippen molar-refractivity contribution in [3.8, 4) is 22.6 Å². The van der Waals surface area contributed by atoms with Crippen LogP contribution in [0.3, 0.4) is 0 Å². The Morgan fingerprint density at radius 2 is 1.11 bits per heavy atom. The average Bonchev–Trinajstić information content (AvgIpc) is 3.52. The van der Waals surface area contributed by atoms with Crippen molar-refractivity contribution in [2.45, 2.75) is 19.4 Å². The number of fused-ring (bicyclic) bond motifs is 7. The quantitative estimate of drug-likeness (QED) is 0.127. The zero-order valence-corrected chi connectivity index (χ0v) is 30.4. The summed E-state index contributed by atoms with van der Waals surface area (Å²) in [5.41, 5.74) is 10.1. The van der Waals surface area contributed by atoms with Gasteiger partial charge in [0.1, 0.15) is 11.5 Å². The van der Waals surface area contributed by atoms with Gasteiger partial charge in [-0.1, -0.05) is 133 Å². The number of ether oxygens (including phenoxy) is 2. The molecule has 2 aliphatic heterocycles. The lowest BCUT2D eigenvalue weighted by Crippen LogP contribution is -2.37. The van der Waals surface area contributed by atoms with Crippen molar-refractivity contribution in [1.29, 1.82) is 0 Å². The Morgan fingerprint density at radius 1 is 0.491 bits per heavy atom. The third-order valence-electron chi connectivity index (χ3n) is 10.9. The summed E-state index contributed by atoms with van der Waals surface area (Å²) in [4.78, 5) is 13.6. The second-order valence-corrected chi connectivity index (χ2v) is 14.1. The highest BCUT2D eigenvalue weighted by molar-refractivity contribution is 6.05. The van der Waals surface area contributed by atoms with Gasteiger partial charge in [-0.3, -0.25) is 0 Å². The van der Waals surface area contributed by atoms with Crippen LogP contribution in [0.15, 0.2) is 182 Å². The van der Waals surface area contributed by atoms with Gasteiger partial charge in [-0.15, -0.1) is 0 Å². The van der Waals surface area contributed by atoms with E-state index in [0.717, 1.165) is 72.5 Å². The third-order valence-corrected chi connectivity index (χ3v) is 10.9. The smallest absolute Gasteiger partial charge is 0.340 e. The van der Waals surface area contributed by atoms with Gasteiger partial charge in [-0.2, -0.15) is 0 Å². The van der Waals surface area contributed by atoms with E-state index >= 15 is 0 Å². The fraction of sp³-hybridized carbons (Fsp3) is 0.0600. The highest BCUT2D eigenvalue weighted by atomic mass is 16.6. The van der Waals surface area contributed by atoms with Crippen molar-refractivity contribution in [3.63, 3.8) is 0 Å². The van der Waals surface area contributed by atoms with Crippen molar-refractivity contribution < 1.29 is 14.3 Å². The first-order valence-electron chi connectivity index (χ1n) is 18.6. The lowest BCUT2D eigenvalue weighted by Gasteiger charge is -2.42. The van der Waals surface area contributed by atoms with Gasteiger partial charge >= 0.3 is 5.97 Å². The molecule has 0 bridgehead atoms. The Bertz CT molecular complexity index is 2750. The number of hydrogen-bond acceptors (Lipinski definition) is 5. The number of aryl methyl sites for hydroxylation is 2. The fourth-order valence-electron chi connectivity index (χ4n) is 8.40. The first-order valence-corrected chi connectivity index (χ1v) is 18.6. The molecule has 0 aromatic heterocycles. The first kappa shape index (κ1) is 32.5. The first-order chi connectivity index (χ1) is 27.0. The van der Waals surface area contributed by atoms with E-state index in [0.29, 0.717) is 17.1 Å². The van der Waals surface area contributed by atoms with E-state index < -0.39 is 5.60 Å². The molecule has 0 aliphatic carbocycles. The molecule has 0 saturated carbocycles. The molecule has 8 aromatic carbocycles. The molecule has 0 radical (unpaired) electrons. The Labute approximate surface area is 320 Å². The fourth-order valence-corrected chi connectivity index (χ4v) is 8.40. The summed E-state index contributed by atoms with van der Waals surface area (Å²) in [5.74, 6) is 0.911. The maximum absolute atomic E-state index is 13.6. The minimum absolute atomic E-state index is 0.349. The largest absolute Gasteiger partial charge is 0.456 e. The molecule has 55 heavy (non-hydrogen) atoms. The van der Waals surface area contributed by atoms with Crippen LogP contribution >= 0.6 is 0 Å². The van der Waals surface area contributed by atoms with Crippen LogP contribution in [0.1, 0.15) is 38.2 Å². The van der Waals surface area contributed by atoms with Crippen molar-refractivity contribution in [3.05, 3.63) is 215 Å². The molecule has 5 nitrogen and oxygen atoms in total. The molecule has 264 valence electrons. The molecule has 0 saturated heterocycles. The van der Waals surface area contributed by atoms with E-state index in [1.165, 1.54) is 0 Å². The number of para-hydroxylation sites is 3. The van der Waals surface area contributed by atoms with Crippen molar-refractivity contribution in [1.82, 2.24) is 0 Å². The summed E-state index contributed by atoms with van der Waals surface area (Å²) in [7, 11) is 0. The standard InChI is InChI=1S/C50H36N2O3/c1-33-16-6-13-25-43(33)52(44-26-14-7-17-34(44)2)51(45-31-28-35-18-8-9-21-38(35)48(45)36-19-4-3-5-20-36)37-29-30-42-47(32-37)54-46-27-15-12-24-41(46)50(42)40-23-11-10-22-39(40)49(53)55-50/h3-32H,1-2H3. The molecule has 0 N–H and O–H groups in total. The van der Waals surface area contributed by atoms with Gasteiger partial charge in [-0.25, -0.2) is 14.8 Å². The maximum atomic E-state index is 13.6. The Hall–Kier alpha value is -7.11. The number of hydrazine groups is 1. The van der Waals surface area contributed by atoms with Crippen LogP contribution in [0.2, 0.25) is 0 Å². The summed E-state index contributed by atoms with van der Waals surface area (Å²) in [6.45, 7) is 4.31. The minimum Gasteiger partial charge on any atom is -0.456 e. The van der Waals surface area contributed by atoms with Gasteiger partial charge < -0.3 is 9.47 Å². The third kappa shape index (κ3) is 5.04. The highest BCUT2D eigenvalue weighted by Gasteiger charge is 2.53. The number of carbonyl (C=O) groups excluding carboxylic acids is 1. The van der Waals surface area contributed by atoms with E-state index in [1.807, 2.05) is 48.5 Å². The average molecular weight is 713 g/mol. The summed E-state index contributed by atoms with van der Waals surface area (Å²) in [6.07, 6.45) is 0. The highest BCUT2D eigenvalue weighted by Crippen LogP contribution is 2.57. The normalized spacial score (nSPS) is 15.1. The number of benzene rings is 8.